The number of benzene rings is 1. The van der Waals surface area contributed by atoms with E-state index in [1.54, 1.807) is 0 Å². The summed E-state index contributed by atoms with van der Waals surface area (Å²) in [6.07, 6.45) is 8.92. The van der Waals surface area contributed by atoms with Crippen molar-refractivity contribution in [2.75, 3.05) is 46.0 Å². The van der Waals surface area contributed by atoms with Crippen LogP contribution in [0.4, 0.5) is 0 Å². The van der Waals surface area contributed by atoms with Gasteiger partial charge in [-0.3, -0.25) is 9.69 Å². The average Bonchev–Trinajstić information content (AvgIpc) is 3.54. The zero-order valence-corrected chi connectivity index (χ0v) is 21.5. The Morgan fingerprint density at radius 1 is 1.06 bits per heavy atom. The van der Waals surface area contributed by atoms with Crippen LogP contribution in [0, 0.1) is 11.8 Å². The molecule has 2 aliphatic heterocycles. The minimum atomic E-state index is 0.0324. The van der Waals surface area contributed by atoms with Gasteiger partial charge in [0.05, 0.1) is 25.9 Å². The topological polar surface area (TPSA) is 51.2 Å². The monoisotopic (exact) mass is 482 g/mol. The molecule has 35 heavy (non-hydrogen) atoms. The molecule has 0 spiro atoms. The van der Waals surface area contributed by atoms with Crippen molar-refractivity contribution in [1.82, 2.24) is 9.80 Å². The number of morpholine rings is 1. The van der Waals surface area contributed by atoms with Gasteiger partial charge in [-0.25, -0.2) is 0 Å². The molecular weight excluding hydrogens is 440 g/mol. The van der Waals surface area contributed by atoms with E-state index < -0.39 is 0 Å². The minimum absolute atomic E-state index is 0.0324. The quantitative estimate of drug-likeness (QED) is 0.488. The highest BCUT2D eigenvalue weighted by Gasteiger charge is 2.38. The largest absolute Gasteiger partial charge is 0.452 e. The Balaban J connectivity index is 1.03. The van der Waals surface area contributed by atoms with Crippen molar-refractivity contribution < 1.29 is 19.0 Å². The first kappa shape index (κ1) is 24.8. The number of ether oxygens (including phenoxy) is 3. The van der Waals surface area contributed by atoms with E-state index in [4.69, 9.17) is 14.2 Å². The molecule has 3 fully saturated rings. The van der Waals surface area contributed by atoms with Crippen LogP contribution in [0.3, 0.4) is 0 Å². The molecule has 2 unspecified atom stereocenters. The van der Waals surface area contributed by atoms with E-state index in [9.17, 15) is 4.79 Å². The lowest BCUT2D eigenvalue weighted by atomic mass is 9.92. The predicted octanol–water partition coefficient (Wildman–Crippen LogP) is 4.60. The van der Waals surface area contributed by atoms with Crippen molar-refractivity contribution in [2.24, 2.45) is 11.8 Å². The molecule has 1 saturated heterocycles. The van der Waals surface area contributed by atoms with Crippen molar-refractivity contribution in [3.05, 3.63) is 41.7 Å². The van der Waals surface area contributed by atoms with Crippen molar-refractivity contribution in [2.45, 2.75) is 70.4 Å². The smallest absolute Gasteiger partial charge is 0.289 e. The summed E-state index contributed by atoms with van der Waals surface area (Å²) in [5.41, 5.74) is 1.40. The molecule has 0 bridgehead atoms. The van der Waals surface area contributed by atoms with Crippen LogP contribution in [-0.2, 0) is 14.3 Å². The summed E-state index contributed by atoms with van der Waals surface area (Å²) in [6.45, 7) is 10.7. The summed E-state index contributed by atoms with van der Waals surface area (Å²) in [5.74, 6) is 3.57. The zero-order valence-electron chi connectivity index (χ0n) is 21.5. The molecule has 1 amide bonds. The molecule has 2 saturated carbocycles. The van der Waals surface area contributed by atoms with Gasteiger partial charge >= 0.3 is 0 Å². The molecule has 1 aromatic rings. The maximum atomic E-state index is 13.1. The standard InChI is InChI=1S/C29H42N2O4/c1-21(2)19-23-20-27(23)22-3-7-26(8-4-22)35-28-11-12-31(29(28)32)24-5-9-25(10-6-24)34-18-15-30-13-16-33-17-14-30/h3-4,7-8,11,21,23-25,27H,5-6,9-10,12-20H2,1-2H3. The van der Waals surface area contributed by atoms with Gasteiger partial charge in [0.15, 0.2) is 5.76 Å². The van der Waals surface area contributed by atoms with E-state index >= 15 is 0 Å². The Kier molecular flexibility index (Phi) is 8.11. The van der Waals surface area contributed by atoms with Gasteiger partial charge in [-0.2, -0.15) is 0 Å². The Morgan fingerprint density at radius 2 is 1.80 bits per heavy atom. The number of amides is 1. The number of hydrogen-bond acceptors (Lipinski definition) is 5. The maximum absolute atomic E-state index is 13.1. The second-order valence-electron chi connectivity index (χ2n) is 11.2. The summed E-state index contributed by atoms with van der Waals surface area (Å²) in [5, 5.41) is 0. The lowest BCUT2D eigenvalue weighted by molar-refractivity contribution is -0.130. The van der Waals surface area contributed by atoms with Gasteiger partial charge in [0.1, 0.15) is 5.75 Å². The van der Waals surface area contributed by atoms with Crippen LogP contribution in [0.1, 0.15) is 63.9 Å². The molecule has 0 N–H and O–H groups in total. The summed E-state index contributed by atoms with van der Waals surface area (Å²) in [6, 6.07) is 8.69. The lowest BCUT2D eigenvalue weighted by Gasteiger charge is -2.35. The second-order valence-corrected chi connectivity index (χ2v) is 11.2. The van der Waals surface area contributed by atoms with E-state index in [-0.39, 0.29) is 11.9 Å². The minimum Gasteiger partial charge on any atom is -0.452 e. The Morgan fingerprint density at radius 3 is 2.51 bits per heavy atom. The molecule has 1 aromatic carbocycles. The summed E-state index contributed by atoms with van der Waals surface area (Å²) in [4.78, 5) is 17.5. The zero-order chi connectivity index (χ0) is 24.2. The van der Waals surface area contributed by atoms with Gasteiger partial charge in [0.25, 0.3) is 5.91 Å². The van der Waals surface area contributed by atoms with Crippen LogP contribution in [0.2, 0.25) is 0 Å². The number of rotatable bonds is 10. The molecule has 2 heterocycles. The van der Waals surface area contributed by atoms with Crippen LogP contribution in [0.5, 0.6) is 5.75 Å². The summed E-state index contributed by atoms with van der Waals surface area (Å²) < 4.78 is 17.6. The van der Waals surface area contributed by atoms with Crippen molar-refractivity contribution in [1.29, 1.82) is 0 Å². The third-order valence-corrected chi connectivity index (χ3v) is 8.13. The van der Waals surface area contributed by atoms with Gasteiger partial charge in [-0.15, -0.1) is 0 Å². The van der Waals surface area contributed by atoms with Crippen LogP contribution in [0.15, 0.2) is 36.1 Å². The highest BCUT2D eigenvalue weighted by Crippen LogP contribution is 2.51. The third kappa shape index (κ3) is 6.46. The number of hydrogen-bond donors (Lipinski definition) is 0. The fraction of sp³-hybridized carbons (Fsp3) is 0.690. The first-order valence-electron chi connectivity index (χ1n) is 13.8. The summed E-state index contributed by atoms with van der Waals surface area (Å²) in [7, 11) is 0. The number of carbonyl (C=O) groups excluding carboxylic acids is 1. The van der Waals surface area contributed by atoms with Gasteiger partial charge in [-0.1, -0.05) is 26.0 Å². The Labute approximate surface area is 210 Å². The maximum Gasteiger partial charge on any atom is 0.289 e. The molecule has 0 aromatic heterocycles. The normalized spacial score (nSPS) is 29.5. The molecule has 192 valence electrons. The van der Waals surface area contributed by atoms with Crippen LogP contribution >= 0.6 is 0 Å². The Hall–Kier alpha value is -1.89. The van der Waals surface area contributed by atoms with Gasteiger partial charge in [-0.05, 0) is 80.1 Å². The van der Waals surface area contributed by atoms with E-state index in [0.717, 1.165) is 82.7 Å². The van der Waals surface area contributed by atoms with Crippen LogP contribution < -0.4 is 4.74 Å². The second kappa shape index (κ2) is 11.4. The highest BCUT2D eigenvalue weighted by molar-refractivity contribution is 5.94. The van der Waals surface area contributed by atoms with Gasteiger partial charge in [0.2, 0.25) is 0 Å². The first-order chi connectivity index (χ1) is 17.1. The fourth-order valence-electron chi connectivity index (χ4n) is 6.02. The van der Waals surface area contributed by atoms with Gasteiger partial charge < -0.3 is 19.1 Å². The van der Waals surface area contributed by atoms with Crippen molar-refractivity contribution in [3.8, 4) is 5.75 Å². The lowest BCUT2D eigenvalue weighted by Crippen LogP contribution is -2.42. The van der Waals surface area contributed by atoms with Crippen LogP contribution in [-0.4, -0.2) is 73.9 Å². The first-order valence-corrected chi connectivity index (χ1v) is 13.8. The molecule has 6 nitrogen and oxygen atoms in total. The summed E-state index contributed by atoms with van der Waals surface area (Å²) >= 11 is 0. The molecule has 2 aliphatic carbocycles. The predicted molar refractivity (Wildman–Crippen MR) is 136 cm³/mol. The van der Waals surface area contributed by atoms with Crippen molar-refractivity contribution in [3.63, 3.8) is 0 Å². The van der Waals surface area contributed by atoms with E-state index in [1.807, 2.05) is 23.1 Å². The van der Waals surface area contributed by atoms with Gasteiger partial charge in [0, 0.05) is 32.2 Å². The van der Waals surface area contributed by atoms with Crippen LogP contribution in [0.25, 0.3) is 0 Å². The molecule has 4 aliphatic rings. The number of carbonyl (C=O) groups is 1. The highest BCUT2D eigenvalue weighted by atomic mass is 16.5. The molecule has 2 atom stereocenters. The molecule has 6 heteroatoms. The number of nitrogens with zero attached hydrogens (tertiary/aromatic N) is 2. The molecule has 5 rings (SSSR count). The van der Waals surface area contributed by atoms with E-state index in [0.29, 0.717) is 24.3 Å². The fourth-order valence-corrected chi connectivity index (χ4v) is 6.02. The van der Waals surface area contributed by atoms with E-state index in [1.165, 1.54) is 18.4 Å². The molecular formula is C29H42N2O4. The van der Waals surface area contributed by atoms with E-state index in [2.05, 4.69) is 30.9 Å². The SMILES string of the molecule is CC(C)CC1CC1c1ccc(OC2=CCN(C3CCC(OCCN4CCOCC4)CC3)C2=O)cc1. The molecule has 0 radical (unpaired) electrons. The third-order valence-electron chi connectivity index (χ3n) is 8.13. The Bertz CT molecular complexity index is 869. The average molecular weight is 483 g/mol. The van der Waals surface area contributed by atoms with Crippen molar-refractivity contribution >= 4 is 5.91 Å².